The molecule has 0 radical (unpaired) electrons. The summed E-state index contributed by atoms with van der Waals surface area (Å²) in [6.45, 7) is 5.05. The van der Waals surface area contributed by atoms with Gasteiger partial charge in [0.2, 0.25) is 0 Å². The number of nitrogens with one attached hydrogen (secondary N) is 2. The smallest absolute Gasteiger partial charge is 0.255 e. The second kappa shape index (κ2) is 7.92. The molecule has 0 atom stereocenters. The van der Waals surface area contributed by atoms with Crippen LogP contribution in [0.25, 0.3) is 11.4 Å². The maximum absolute atomic E-state index is 12.7. The second-order valence-corrected chi connectivity index (χ2v) is 11.7. The summed E-state index contributed by atoms with van der Waals surface area (Å²) in [5.74, 6) is 1.71. The van der Waals surface area contributed by atoms with Crippen molar-refractivity contribution in [2.24, 2.45) is 0 Å². The van der Waals surface area contributed by atoms with Crippen molar-refractivity contribution in [2.45, 2.75) is 50.0 Å². The molecular formula is C23H26N4O3S. The molecule has 3 aromatic rings. The van der Waals surface area contributed by atoms with Crippen LogP contribution < -0.4 is 5.32 Å². The molecule has 4 rings (SSSR count). The maximum atomic E-state index is 12.7. The van der Waals surface area contributed by atoms with Crippen molar-refractivity contribution in [3.8, 4) is 11.4 Å². The largest absolute Gasteiger partial charge is 0.322 e. The number of nitrogens with zero attached hydrogens (tertiary/aromatic N) is 2. The Morgan fingerprint density at radius 2 is 1.84 bits per heavy atom. The number of carbonyl (C=O) groups is 1. The number of aromatic amines is 1. The van der Waals surface area contributed by atoms with E-state index in [4.69, 9.17) is 0 Å². The van der Waals surface area contributed by atoms with E-state index in [1.165, 1.54) is 0 Å². The van der Waals surface area contributed by atoms with Crippen LogP contribution in [0.2, 0.25) is 0 Å². The molecule has 2 N–H and O–H groups in total. The van der Waals surface area contributed by atoms with E-state index in [9.17, 15) is 13.2 Å². The van der Waals surface area contributed by atoms with Gasteiger partial charge in [-0.3, -0.25) is 9.89 Å². The van der Waals surface area contributed by atoms with E-state index >= 15 is 0 Å². The lowest BCUT2D eigenvalue weighted by molar-refractivity contribution is 0.102. The SMILES string of the molecule is CC(C)(C)S(=O)(=O)Cc1cccc(NC(=O)c2ccc(-c3n[nH]c(C4CC4)n3)cc2)c1. The lowest BCUT2D eigenvalue weighted by Crippen LogP contribution is -2.29. The summed E-state index contributed by atoms with van der Waals surface area (Å²) in [5.41, 5.74) is 2.53. The van der Waals surface area contributed by atoms with Gasteiger partial charge in [-0.15, -0.1) is 0 Å². The monoisotopic (exact) mass is 438 g/mol. The van der Waals surface area contributed by atoms with Gasteiger partial charge in [-0.2, -0.15) is 5.10 Å². The Hall–Kier alpha value is -3.00. The standard InChI is InChI=1S/C23H26N4O3S/c1-23(2,3)31(29,30)14-15-5-4-6-19(13-15)24-22(28)18-11-9-17(10-12-18)21-25-20(26-27-21)16-7-8-16/h4-6,9-13,16H,7-8,14H2,1-3H3,(H,24,28)(H,25,26,27). The van der Waals surface area contributed by atoms with Crippen molar-refractivity contribution in [1.29, 1.82) is 0 Å². The zero-order valence-electron chi connectivity index (χ0n) is 17.8. The van der Waals surface area contributed by atoms with Gasteiger partial charge in [-0.25, -0.2) is 13.4 Å². The van der Waals surface area contributed by atoms with Gasteiger partial charge in [0, 0.05) is 22.7 Å². The van der Waals surface area contributed by atoms with Crippen molar-refractivity contribution >= 4 is 21.4 Å². The van der Waals surface area contributed by atoms with Crippen LogP contribution in [0.5, 0.6) is 0 Å². The molecule has 1 aliphatic rings. The molecule has 0 aliphatic heterocycles. The van der Waals surface area contributed by atoms with Gasteiger partial charge < -0.3 is 5.32 Å². The first-order valence-electron chi connectivity index (χ1n) is 10.3. The number of amides is 1. The van der Waals surface area contributed by atoms with Crippen LogP contribution in [0.4, 0.5) is 5.69 Å². The van der Waals surface area contributed by atoms with Crippen LogP contribution in [0, 0.1) is 0 Å². The second-order valence-electron chi connectivity index (χ2n) is 8.92. The van der Waals surface area contributed by atoms with Gasteiger partial charge in [0.05, 0.1) is 10.5 Å². The van der Waals surface area contributed by atoms with E-state index in [0.29, 0.717) is 28.6 Å². The molecule has 1 fully saturated rings. The predicted octanol–water partition coefficient (Wildman–Crippen LogP) is 4.31. The number of sulfone groups is 1. The van der Waals surface area contributed by atoms with Gasteiger partial charge in [-0.1, -0.05) is 24.3 Å². The lowest BCUT2D eigenvalue weighted by Gasteiger charge is -2.19. The first-order valence-corrected chi connectivity index (χ1v) is 11.9. The van der Waals surface area contributed by atoms with Gasteiger partial charge in [0.25, 0.3) is 5.91 Å². The topological polar surface area (TPSA) is 105 Å². The molecule has 0 saturated heterocycles. The minimum Gasteiger partial charge on any atom is -0.322 e. The molecule has 1 aliphatic carbocycles. The van der Waals surface area contributed by atoms with Crippen LogP contribution in [0.1, 0.15) is 61.3 Å². The number of rotatable bonds is 6. The fraction of sp³-hybridized carbons (Fsp3) is 0.348. The maximum Gasteiger partial charge on any atom is 0.255 e. The van der Waals surface area contributed by atoms with Crippen molar-refractivity contribution in [3.05, 3.63) is 65.5 Å². The molecule has 1 heterocycles. The minimum absolute atomic E-state index is 0.0750. The fourth-order valence-corrected chi connectivity index (χ4v) is 4.14. The average Bonchev–Trinajstić information content (AvgIpc) is 3.44. The molecule has 0 unspecified atom stereocenters. The molecule has 1 aromatic heterocycles. The molecule has 2 aromatic carbocycles. The number of aromatic nitrogens is 3. The Morgan fingerprint density at radius 3 is 2.48 bits per heavy atom. The summed E-state index contributed by atoms with van der Waals surface area (Å²) in [6, 6.07) is 14.0. The summed E-state index contributed by atoms with van der Waals surface area (Å²) in [5, 5.41) is 10.1. The number of H-pyrrole nitrogens is 1. The van der Waals surface area contributed by atoms with E-state index in [0.717, 1.165) is 24.2 Å². The molecule has 1 amide bonds. The number of hydrogen-bond donors (Lipinski definition) is 2. The van der Waals surface area contributed by atoms with Crippen molar-refractivity contribution < 1.29 is 13.2 Å². The van der Waals surface area contributed by atoms with Crippen LogP contribution in [0.15, 0.2) is 48.5 Å². The van der Waals surface area contributed by atoms with Gasteiger partial charge in [-0.05, 0) is 63.4 Å². The van der Waals surface area contributed by atoms with E-state index < -0.39 is 14.6 Å². The van der Waals surface area contributed by atoms with E-state index in [-0.39, 0.29) is 11.7 Å². The number of benzene rings is 2. The quantitative estimate of drug-likeness (QED) is 0.596. The first kappa shape index (κ1) is 21.2. The third-order valence-electron chi connectivity index (χ3n) is 5.35. The highest BCUT2D eigenvalue weighted by Gasteiger charge is 2.29. The number of hydrogen-bond acceptors (Lipinski definition) is 5. The van der Waals surface area contributed by atoms with E-state index in [1.54, 1.807) is 57.2 Å². The number of carbonyl (C=O) groups excluding carboxylic acids is 1. The third-order valence-corrected chi connectivity index (χ3v) is 7.93. The van der Waals surface area contributed by atoms with Gasteiger partial charge in [0.1, 0.15) is 5.82 Å². The summed E-state index contributed by atoms with van der Waals surface area (Å²) in [4.78, 5) is 17.2. The minimum atomic E-state index is -3.31. The van der Waals surface area contributed by atoms with Gasteiger partial charge >= 0.3 is 0 Å². The Morgan fingerprint density at radius 1 is 1.13 bits per heavy atom. The Labute approximate surface area is 182 Å². The van der Waals surface area contributed by atoms with Crippen LogP contribution in [-0.2, 0) is 15.6 Å². The molecule has 1 saturated carbocycles. The first-order chi connectivity index (χ1) is 14.6. The summed E-state index contributed by atoms with van der Waals surface area (Å²) in [6.07, 6.45) is 2.30. The van der Waals surface area contributed by atoms with E-state index in [2.05, 4.69) is 20.5 Å². The highest BCUT2D eigenvalue weighted by atomic mass is 32.2. The Bertz CT molecular complexity index is 1200. The molecule has 0 bridgehead atoms. The number of anilines is 1. The van der Waals surface area contributed by atoms with Crippen LogP contribution in [-0.4, -0.2) is 34.3 Å². The molecular weight excluding hydrogens is 412 g/mol. The van der Waals surface area contributed by atoms with Crippen LogP contribution in [0.3, 0.4) is 0 Å². The molecule has 8 heteroatoms. The zero-order valence-corrected chi connectivity index (χ0v) is 18.7. The highest BCUT2D eigenvalue weighted by molar-refractivity contribution is 7.91. The van der Waals surface area contributed by atoms with Crippen molar-refractivity contribution in [3.63, 3.8) is 0 Å². The summed E-state index contributed by atoms with van der Waals surface area (Å²) >= 11 is 0. The molecule has 31 heavy (non-hydrogen) atoms. The normalized spacial score (nSPS) is 14.4. The third kappa shape index (κ3) is 4.85. The van der Waals surface area contributed by atoms with Crippen molar-refractivity contribution in [2.75, 3.05) is 5.32 Å². The lowest BCUT2D eigenvalue weighted by atomic mass is 10.1. The molecule has 162 valence electrons. The zero-order chi connectivity index (χ0) is 22.2. The predicted molar refractivity (Wildman–Crippen MR) is 121 cm³/mol. The Balaban J connectivity index is 1.44. The van der Waals surface area contributed by atoms with Crippen LogP contribution >= 0.6 is 0 Å². The highest BCUT2D eigenvalue weighted by Crippen LogP contribution is 2.38. The molecule has 0 spiro atoms. The fourth-order valence-electron chi connectivity index (χ4n) is 3.09. The van der Waals surface area contributed by atoms with Gasteiger partial charge in [0.15, 0.2) is 15.7 Å². The Kier molecular flexibility index (Phi) is 5.43. The summed E-state index contributed by atoms with van der Waals surface area (Å²) in [7, 11) is -3.31. The average molecular weight is 439 g/mol. The summed E-state index contributed by atoms with van der Waals surface area (Å²) < 4.78 is 24.1. The molecule has 7 nitrogen and oxygen atoms in total. The van der Waals surface area contributed by atoms with Crippen molar-refractivity contribution in [1.82, 2.24) is 15.2 Å². The van der Waals surface area contributed by atoms with E-state index in [1.807, 2.05) is 12.1 Å².